The van der Waals surface area contributed by atoms with Gasteiger partial charge in [-0.15, -0.1) is 0 Å². The van der Waals surface area contributed by atoms with Crippen molar-refractivity contribution in [1.82, 2.24) is 9.80 Å². The molecule has 26 heavy (non-hydrogen) atoms. The molecule has 4 amide bonds. The van der Waals surface area contributed by atoms with Crippen LogP contribution in [-0.2, 0) is 0 Å². The molecule has 2 aromatic rings. The van der Waals surface area contributed by atoms with Crippen LogP contribution in [0, 0.1) is 0 Å². The Hall–Kier alpha value is -2.44. The van der Waals surface area contributed by atoms with E-state index in [0.29, 0.717) is 21.4 Å². The predicted molar refractivity (Wildman–Crippen MR) is 103 cm³/mol. The molecule has 4 rings (SSSR count). The van der Waals surface area contributed by atoms with Crippen LogP contribution >= 0.6 is 23.2 Å². The van der Waals surface area contributed by atoms with Gasteiger partial charge in [0, 0.05) is 26.2 Å². The Morgan fingerprint density at radius 1 is 0.731 bits per heavy atom. The SMILES string of the molecule is O=C(Nc1ccc(-c2ccc(NC(=O)N3CC3)c(Cl)c2)cc1Cl)N1CC1. The molecule has 0 aliphatic carbocycles. The summed E-state index contributed by atoms with van der Waals surface area (Å²) in [5, 5.41) is 6.48. The molecule has 0 atom stereocenters. The average molecular weight is 391 g/mol. The third-order valence-electron chi connectivity index (χ3n) is 4.22. The van der Waals surface area contributed by atoms with Crippen LogP contribution in [0.4, 0.5) is 21.0 Å². The zero-order chi connectivity index (χ0) is 18.3. The molecule has 134 valence electrons. The molecule has 2 aromatic carbocycles. The largest absolute Gasteiger partial charge is 0.322 e. The summed E-state index contributed by atoms with van der Waals surface area (Å²) in [6.07, 6.45) is 0. The van der Waals surface area contributed by atoms with Gasteiger partial charge in [-0.25, -0.2) is 9.59 Å². The second-order valence-electron chi connectivity index (χ2n) is 6.22. The van der Waals surface area contributed by atoms with Crippen LogP contribution in [0.2, 0.25) is 10.0 Å². The maximum absolute atomic E-state index is 11.8. The van der Waals surface area contributed by atoms with Crippen LogP contribution in [0.15, 0.2) is 36.4 Å². The van der Waals surface area contributed by atoms with Crippen molar-refractivity contribution in [2.24, 2.45) is 0 Å². The molecule has 8 heteroatoms. The number of benzene rings is 2. The Labute approximate surface area is 160 Å². The smallest absolute Gasteiger partial charge is 0.321 e. The number of nitrogens with zero attached hydrogens (tertiary/aromatic N) is 2. The van der Waals surface area contributed by atoms with Gasteiger partial charge in [0.05, 0.1) is 21.4 Å². The molecule has 2 saturated heterocycles. The molecule has 6 nitrogen and oxygen atoms in total. The summed E-state index contributed by atoms with van der Waals surface area (Å²) in [5.41, 5.74) is 2.87. The highest BCUT2D eigenvalue weighted by atomic mass is 35.5. The summed E-state index contributed by atoms with van der Waals surface area (Å²) in [7, 11) is 0. The van der Waals surface area contributed by atoms with E-state index in [1.807, 2.05) is 12.1 Å². The third-order valence-corrected chi connectivity index (χ3v) is 4.85. The lowest BCUT2D eigenvalue weighted by Crippen LogP contribution is -2.18. The number of carbonyl (C=O) groups excluding carboxylic acids is 2. The second kappa shape index (κ2) is 6.70. The van der Waals surface area contributed by atoms with E-state index in [2.05, 4.69) is 10.6 Å². The number of amides is 4. The van der Waals surface area contributed by atoms with Crippen molar-refractivity contribution in [3.8, 4) is 11.1 Å². The Morgan fingerprint density at radius 2 is 1.12 bits per heavy atom. The van der Waals surface area contributed by atoms with Crippen molar-refractivity contribution in [2.75, 3.05) is 36.8 Å². The van der Waals surface area contributed by atoms with E-state index >= 15 is 0 Å². The molecule has 2 fully saturated rings. The second-order valence-corrected chi connectivity index (χ2v) is 7.04. The van der Waals surface area contributed by atoms with Crippen LogP contribution < -0.4 is 10.6 Å². The Bertz CT molecular complexity index is 821. The number of anilines is 2. The van der Waals surface area contributed by atoms with Crippen molar-refractivity contribution >= 4 is 46.6 Å². The molecule has 2 aliphatic rings. The van der Waals surface area contributed by atoms with Crippen molar-refractivity contribution in [3.63, 3.8) is 0 Å². The van der Waals surface area contributed by atoms with E-state index in [0.717, 1.165) is 37.3 Å². The lowest BCUT2D eigenvalue weighted by Gasteiger charge is -2.12. The summed E-state index contributed by atoms with van der Waals surface area (Å²) >= 11 is 12.6. The Kier molecular flexibility index (Phi) is 4.38. The minimum absolute atomic E-state index is 0.144. The first-order valence-corrected chi connectivity index (χ1v) is 8.98. The van der Waals surface area contributed by atoms with Crippen LogP contribution in [0.3, 0.4) is 0 Å². The molecule has 0 unspecified atom stereocenters. The minimum atomic E-state index is -0.144. The highest BCUT2D eigenvalue weighted by molar-refractivity contribution is 6.34. The predicted octanol–water partition coefficient (Wildman–Crippen LogP) is 4.36. The highest BCUT2D eigenvalue weighted by Crippen LogP contribution is 2.33. The van der Waals surface area contributed by atoms with Crippen molar-refractivity contribution < 1.29 is 9.59 Å². The van der Waals surface area contributed by atoms with Gasteiger partial charge in [0.15, 0.2) is 0 Å². The zero-order valence-corrected chi connectivity index (χ0v) is 15.3. The molecule has 0 radical (unpaired) electrons. The Morgan fingerprint density at radius 3 is 1.42 bits per heavy atom. The summed E-state index contributed by atoms with van der Waals surface area (Å²) in [5.74, 6) is 0. The van der Waals surface area contributed by atoms with E-state index < -0.39 is 0 Å². The van der Waals surface area contributed by atoms with Gasteiger partial charge in [0.1, 0.15) is 0 Å². The van der Waals surface area contributed by atoms with Gasteiger partial charge in [-0.3, -0.25) is 0 Å². The summed E-state index contributed by atoms with van der Waals surface area (Å²) in [6, 6.07) is 10.5. The lowest BCUT2D eigenvalue weighted by molar-refractivity contribution is 0.241. The van der Waals surface area contributed by atoms with Gasteiger partial charge in [-0.2, -0.15) is 0 Å². The fraction of sp³-hybridized carbons (Fsp3) is 0.222. The highest BCUT2D eigenvalue weighted by Gasteiger charge is 2.25. The minimum Gasteiger partial charge on any atom is -0.321 e. The number of carbonyl (C=O) groups is 2. The van der Waals surface area contributed by atoms with Crippen LogP contribution in [0.5, 0.6) is 0 Å². The fourth-order valence-electron chi connectivity index (χ4n) is 2.49. The Balaban J connectivity index is 1.51. The molecule has 0 bridgehead atoms. The number of nitrogens with one attached hydrogen (secondary N) is 2. The molecule has 2 aliphatic heterocycles. The zero-order valence-electron chi connectivity index (χ0n) is 13.8. The van der Waals surface area contributed by atoms with Gasteiger partial charge in [-0.1, -0.05) is 35.3 Å². The number of hydrogen-bond acceptors (Lipinski definition) is 2. The summed E-state index contributed by atoms with van der Waals surface area (Å²) in [6.45, 7) is 3.11. The topological polar surface area (TPSA) is 64.2 Å². The van der Waals surface area contributed by atoms with E-state index in [9.17, 15) is 9.59 Å². The monoisotopic (exact) mass is 390 g/mol. The normalized spacial score (nSPS) is 14.8. The van der Waals surface area contributed by atoms with Gasteiger partial charge < -0.3 is 20.4 Å². The van der Waals surface area contributed by atoms with E-state index in [1.54, 1.807) is 34.1 Å². The van der Waals surface area contributed by atoms with E-state index in [4.69, 9.17) is 23.2 Å². The van der Waals surface area contributed by atoms with E-state index in [1.165, 1.54) is 0 Å². The number of rotatable bonds is 3. The fourth-order valence-corrected chi connectivity index (χ4v) is 2.94. The number of hydrogen-bond donors (Lipinski definition) is 2. The first-order valence-electron chi connectivity index (χ1n) is 8.22. The molecular weight excluding hydrogens is 375 g/mol. The quantitative estimate of drug-likeness (QED) is 0.764. The average Bonchev–Trinajstić information content (AvgIpc) is 3.49. The molecule has 0 saturated carbocycles. The molecule has 2 N–H and O–H groups in total. The van der Waals surface area contributed by atoms with Gasteiger partial charge in [0.25, 0.3) is 0 Å². The maximum Gasteiger partial charge on any atom is 0.322 e. The molecular formula is C18H16Cl2N4O2. The molecule has 0 spiro atoms. The summed E-state index contributed by atoms with van der Waals surface area (Å²) < 4.78 is 0. The number of halogens is 2. The van der Waals surface area contributed by atoms with Crippen molar-refractivity contribution in [1.29, 1.82) is 0 Å². The lowest BCUT2D eigenvalue weighted by atomic mass is 10.0. The molecule has 2 heterocycles. The van der Waals surface area contributed by atoms with Gasteiger partial charge >= 0.3 is 12.1 Å². The number of urea groups is 2. The molecule has 0 aromatic heterocycles. The van der Waals surface area contributed by atoms with E-state index in [-0.39, 0.29) is 12.1 Å². The first-order chi connectivity index (χ1) is 12.5. The summed E-state index contributed by atoms with van der Waals surface area (Å²) in [4.78, 5) is 27.0. The standard InChI is InChI=1S/C18H16Cl2N4O2/c19-13-9-11(1-3-15(13)21-17(25)23-5-6-23)12-2-4-16(14(20)10-12)22-18(26)24-7-8-24/h1-4,9-10H,5-8H2,(H,21,25)(H,22,26). The van der Waals surface area contributed by atoms with Crippen molar-refractivity contribution in [3.05, 3.63) is 46.4 Å². The van der Waals surface area contributed by atoms with Gasteiger partial charge in [0.2, 0.25) is 0 Å². The third kappa shape index (κ3) is 3.71. The first kappa shape index (κ1) is 17.0. The van der Waals surface area contributed by atoms with Crippen LogP contribution in [0.25, 0.3) is 11.1 Å². The maximum atomic E-state index is 11.8. The van der Waals surface area contributed by atoms with Crippen LogP contribution in [0.1, 0.15) is 0 Å². The van der Waals surface area contributed by atoms with Crippen LogP contribution in [-0.4, -0.2) is 48.0 Å². The van der Waals surface area contributed by atoms with Gasteiger partial charge in [-0.05, 0) is 35.4 Å². The van der Waals surface area contributed by atoms with Crippen molar-refractivity contribution in [2.45, 2.75) is 0 Å².